The lowest BCUT2D eigenvalue weighted by atomic mass is 10.1. The highest BCUT2D eigenvalue weighted by molar-refractivity contribution is 14.0. The summed E-state index contributed by atoms with van der Waals surface area (Å²) in [6.45, 7) is 2.69. The first-order valence-corrected chi connectivity index (χ1v) is 8.19. The first-order valence-electron chi connectivity index (χ1n) is 8.19. The van der Waals surface area contributed by atoms with E-state index in [1.165, 1.54) is 6.07 Å². The summed E-state index contributed by atoms with van der Waals surface area (Å²) in [6.07, 6.45) is 0. The molecule has 0 atom stereocenters. The number of aryl methyl sites for hydroxylation is 1. The molecule has 0 heterocycles. The van der Waals surface area contributed by atoms with Crippen LogP contribution in [0.2, 0.25) is 0 Å². The van der Waals surface area contributed by atoms with E-state index >= 15 is 0 Å². The van der Waals surface area contributed by atoms with E-state index in [2.05, 4.69) is 15.6 Å². The molecule has 146 valence electrons. The molecule has 0 bridgehead atoms. The summed E-state index contributed by atoms with van der Waals surface area (Å²) in [6, 6.07) is 12.0. The molecule has 0 unspecified atom stereocenters. The fraction of sp³-hybridized carbons (Fsp3) is 0.263. The number of amides is 1. The number of hydrogen-bond donors (Lipinski definition) is 3. The van der Waals surface area contributed by atoms with Crippen molar-refractivity contribution in [3.05, 3.63) is 65.0 Å². The van der Waals surface area contributed by atoms with Crippen LogP contribution < -0.4 is 16.4 Å². The van der Waals surface area contributed by atoms with Crippen LogP contribution in [-0.2, 0) is 11.3 Å². The number of nitrogens with zero attached hydrogens (tertiary/aromatic N) is 1. The maximum absolute atomic E-state index is 13.5. The molecular weight excluding hydrogens is 462 g/mol. The molecule has 2 rings (SSSR count). The van der Waals surface area contributed by atoms with E-state index in [1.54, 1.807) is 26.2 Å². The summed E-state index contributed by atoms with van der Waals surface area (Å²) in [5, 5.41) is 5.69. The molecule has 4 N–H and O–H groups in total. The van der Waals surface area contributed by atoms with Crippen molar-refractivity contribution in [2.75, 3.05) is 25.5 Å². The molecule has 8 heteroatoms. The summed E-state index contributed by atoms with van der Waals surface area (Å²) >= 11 is 0. The third kappa shape index (κ3) is 7.14. The van der Waals surface area contributed by atoms with Crippen LogP contribution in [0.25, 0.3) is 0 Å². The number of hydrogen-bond acceptors (Lipinski definition) is 3. The molecule has 0 radical (unpaired) electrons. The number of halogens is 2. The molecule has 0 aliphatic heterocycles. The largest absolute Gasteiger partial charge is 0.380 e. The Bertz CT molecular complexity index is 799. The van der Waals surface area contributed by atoms with Gasteiger partial charge in [-0.25, -0.2) is 4.39 Å². The quantitative estimate of drug-likeness (QED) is 0.243. The van der Waals surface area contributed by atoms with Crippen LogP contribution in [0.5, 0.6) is 0 Å². The monoisotopic (exact) mass is 486 g/mol. The Hall–Kier alpha value is -2.20. The van der Waals surface area contributed by atoms with Crippen LogP contribution in [0.15, 0.2) is 47.5 Å². The number of anilines is 1. The third-order valence-corrected chi connectivity index (χ3v) is 3.69. The molecule has 0 aliphatic rings. The summed E-state index contributed by atoms with van der Waals surface area (Å²) in [5.74, 6) is -0.515. The Labute approximate surface area is 175 Å². The topological polar surface area (TPSA) is 88.7 Å². The van der Waals surface area contributed by atoms with Gasteiger partial charge in [-0.2, -0.15) is 0 Å². The number of carbonyl (C=O) groups is 1. The number of methoxy groups -OCH3 is 1. The lowest BCUT2D eigenvalue weighted by Gasteiger charge is -2.11. The molecule has 2 aromatic rings. The molecule has 27 heavy (non-hydrogen) atoms. The highest BCUT2D eigenvalue weighted by Crippen LogP contribution is 2.15. The standard InChI is InChI=1S/C19H23FN4O2.HI/c1-13-7-8-14(11-16(13)20)18(25)22-9-10-23-19(21)24-17-6-4-3-5-15(17)12-26-2;/h3-8,11H,9-10,12H2,1-2H3,(H,22,25)(H3,21,23,24);1H. The van der Waals surface area contributed by atoms with Crippen LogP contribution in [-0.4, -0.2) is 32.1 Å². The average Bonchev–Trinajstić information content (AvgIpc) is 2.62. The number of para-hydroxylation sites is 1. The van der Waals surface area contributed by atoms with Crippen molar-refractivity contribution in [2.24, 2.45) is 10.7 Å². The van der Waals surface area contributed by atoms with E-state index in [1.807, 2.05) is 24.3 Å². The Kier molecular flexibility index (Phi) is 9.73. The molecule has 0 saturated heterocycles. The highest BCUT2D eigenvalue weighted by Gasteiger charge is 2.07. The zero-order valence-electron chi connectivity index (χ0n) is 15.3. The van der Waals surface area contributed by atoms with Gasteiger partial charge in [-0.1, -0.05) is 24.3 Å². The minimum absolute atomic E-state index is 0. The number of carbonyl (C=O) groups excluding carboxylic acids is 1. The second-order valence-electron chi connectivity index (χ2n) is 5.70. The van der Waals surface area contributed by atoms with Gasteiger partial charge in [0, 0.05) is 30.5 Å². The fourth-order valence-corrected chi connectivity index (χ4v) is 2.28. The lowest BCUT2D eigenvalue weighted by molar-refractivity contribution is 0.0954. The number of ether oxygens (including phenoxy) is 1. The number of benzene rings is 2. The van der Waals surface area contributed by atoms with Gasteiger partial charge < -0.3 is 21.1 Å². The first-order chi connectivity index (χ1) is 12.5. The Morgan fingerprint density at radius 2 is 2.00 bits per heavy atom. The molecule has 0 aliphatic carbocycles. The minimum atomic E-state index is -0.404. The van der Waals surface area contributed by atoms with E-state index in [0.29, 0.717) is 18.7 Å². The van der Waals surface area contributed by atoms with E-state index in [9.17, 15) is 9.18 Å². The van der Waals surface area contributed by atoms with Gasteiger partial charge in [-0.15, -0.1) is 24.0 Å². The summed E-state index contributed by atoms with van der Waals surface area (Å²) < 4.78 is 18.6. The van der Waals surface area contributed by atoms with Crippen LogP contribution in [0.1, 0.15) is 21.5 Å². The Morgan fingerprint density at radius 1 is 1.26 bits per heavy atom. The molecule has 0 saturated carbocycles. The van der Waals surface area contributed by atoms with Crippen molar-refractivity contribution in [3.63, 3.8) is 0 Å². The van der Waals surface area contributed by atoms with E-state index in [0.717, 1.165) is 11.3 Å². The Balaban J connectivity index is 0.00000364. The minimum Gasteiger partial charge on any atom is -0.380 e. The van der Waals surface area contributed by atoms with Crippen LogP contribution in [0, 0.1) is 12.7 Å². The van der Waals surface area contributed by atoms with Gasteiger partial charge in [0.2, 0.25) is 0 Å². The van der Waals surface area contributed by atoms with E-state index < -0.39 is 5.82 Å². The highest BCUT2D eigenvalue weighted by atomic mass is 127. The normalized spacial score (nSPS) is 10.9. The second-order valence-corrected chi connectivity index (χ2v) is 5.70. The second kappa shape index (κ2) is 11.5. The van der Waals surface area contributed by atoms with Crippen molar-refractivity contribution < 1.29 is 13.9 Å². The maximum Gasteiger partial charge on any atom is 0.251 e. The zero-order valence-corrected chi connectivity index (χ0v) is 17.6. The molecule has 0 aromatic heterocycles. The van der Waals surface area contributed by atoms with Crippen molar-refractivity contribution in [3.8, 4) is 0 Å². The van der Waals surface area contributed by atoms with Gasteiger partial charge in [0.15, 0.2) is 5.96 Å². The molecule has 6 nitrogen and oxygen atoms in total. The number of guanidine groups is 1. The van der Waals surface area contributed by atoms with Gasteiger partial charge in [0.1, 0.15) is 5.82 Å². The van der Waals surface area contributed by atoms with Crippen LogP contribution in [0.4, 0.5) is 10.1 Å². The molecular formula is C19H24FIN4O2. The molecule has 2 aromatic carbocycles. The van der Waals surface area contributed by atoms with Gasteiger partial charge in [-0.3, -0.25) is 9.79 Å². The fourth-order valence-electron chi connectivity index (χ4n) is 2.28. The number of rotatable bonds is 7. The molecule has 0 fully saturated rings. The van der Waals surface area contributed by atoms with E-state index in [-0.39, 0.29) is 48.0 Å². The SMILES string of the molecule is COCc1ccccc1NC(N)=NCCNC(=O)c1ccc(C)c(F)c1.I. The van der Waals surface area contributed by atoms with Crippen molar-refractivity contribution >= 4 is 41.5 Å². The summed E-state index contributed by atoms with van der Waals surface area (Å²) in [5.41, 5.74) is 8.42. The third-order valence-electron chi connectivity index (χ3n) is 3.69. The number of nitrogens with two attached hydrogens (primary N) is 1. The summed E-state index contributed by atoms with van der Waals surface area (Å²) in [7, 11) is 1.62. The van der Waals surface area contributed by atoms with Gasteiger partial charge >= 0.3 is 0 Å². The predicted octanol–water partition coefficient (Wildman–Crippen LogP) is 3.06. The van der Waals surface area contributed by atoms with Crippen LogP contribution >= 0.6 is 24.0 Å². The van der Waals surface area contributed by atoms with Gasteiger partial charge in [0.05, 0.1) is 13.2 Å². The first kappa shape index (κ1) is 22.8. The van der Waals surface area contributed by atoms with Crippen molar-refractivity contribution in [1.29, 1.82) is 0 Å². The number of nitrogens with one attached hydrogen (secondary N) is 2. The average molecular weight is 486 g/mol. The van der Waals surface area contributed by atoms with Crippen molar-refractivity contribution in [1.82, 2.24) is 5.32 Å². The van der Waals surface area contributed by atoms with Crippen LogP contribution in [0.3, 0.4) is 0 Å². The zero-order chi connectivity index (χ0) is 18.9. The van der Waals surface area contributed by atoms with Gasteiger partial charge in [0.25, 0.3) is 5.91 Å². The number of aliphatic imine (C=N–C) groups is 1. The Morgan fingerprint density at radius 3 is 2.70 bits per heavy atom. The molecule has 0 spiro atoms. The predicted molar refractivity (Wildman–Crippen MR) is 116 cm³/mol. The maximum atomic E-state index is 13.5. The molecule has 1 amide bonds. The lowest BCUT2D eigenvalue weighted by Crippen LogP contribution is -2.28. The summed E-state index contributed by atoms with van der Waals surface area (Å²) in [4.78, 5) is 16.1. The van der Waals surface area contributed by atoms with Crippen molar-refractivity contribution in [2.45, 2.75) is 13.5 Å². The van der Waals surface area contributed by atoms with E-state index in [4.69, 9.17) is 10.5 Å². The van der Waals surface area contributed by atoms with Gasteiger partial charge in [-0.05, 0) is 30.7 Å². The smallest absolute Gasteiger partial charge is 0.251 e.